The minimum atomic E-state index is -0.00809. The van der Waals surface area contributed by atoms with Crippen molar-refractivity contribution in [2.75, 3.05) is 13.1 Å². The monoisotopic (exact) mass is 389 g/mol. The molecule has 150 valence electrons. The van der Waals surface area contributed by atoms with Crippen molar-refractivity contribution >= 4 is 5.91 Å². The van der Waals surface area contributed by atoms with E-state index < -0.39 is 0 Å². The Balaban J connectivity index is 1.52. The zero-order valence-electron chi connectivity index (χ0n) is 17.4. The number of carbonyl (C=O) groups is 1. The lowest BCUT2D eigenvalue weighted by Gasteiger charge is -2.16. The lowest BCUT2D eigenvalue weighted by molar-refractivity contribution is 0.0785. The number of carbonyl (C=O) groups excluding carboxylic acids is 1. The second kappa shape index (κ2) is 7.78. The number of aryl methyl sites for hydroxylation is 2. The Hall–Kier alpha value is -3.02. The smallest absolute Gasteiger partial charge is 0.274 e. The van der Waals surface area contributed by atoms with E-state index in [0.717, 1.165) is 46.9 Å². The summed E-state index contributed by atoms with van der Waals surface area (Å²) in [6.45, 7) is 9.57. The summed E-state index contributed by atoms with van der Waals surface area (Å²) in [6, 6.07) is 10.2. The molecule has 1 N–H and O–H groups in total. The summed E-state index contributed by atoms with van der Waals surface area (Å²) in [4.78, 5) is 23.9. The molecule has 1 aliphatic heterocycles. The molecule has 1 aliphatic rings. The highest BCUT2D eigenvalue weighted by atomic mass is 16.2. The molecule has 4 heterocycles. The van der Waals surface area contributed by atoms with Crippen molar-refractivity contribution in [3.63, 3.8) is 0 Å². The highest BCUT2D eigenvalue weighted by Gasteiger charge is 2.30. The van der Waals surface area contributed by atoms with Crippen LogP contribution in [0.1, 0.15) is 65.4 Å². The van der Waals surface area contributed by atoms with Gasteiger partial charge in [0.1, 0.15) is 5.69 Å². The molecular weight excluding hydrogens is 362 g/mol. The summed E-state index contributed by atoms with van der Waals surface area (Å²) < 4.78 is 0. The Morgan fingerprint density at radius 1 is 1.14 bits per heavy atom. The number of hydrogen-bond donors (Lipinski definition) is 1. The van der Waals surface area contributed by atoms with Crippen LogP contribution in [0.4, 0.5) is 0 Å². The van der Waals surface area contributed by atoms with Crippen molar-refractivity contribution in [1.29, 1.82) is 0 Å². The number of likely N-dealkylation sites (tertiary alicyclic amines) is 1. The van der Waals surface area contributed by atoms with Gasteiger partial charge in [-0.15, -0.1) is 0 Å². The van der Waals surface area contributed by atoms with Crippen molar-refractivity contribution in [3.8, 4) is 11.1 Å². The topological polar surface area (TPSA) is 74.8 Å². The van der Waals surface area contributed by atoms with E-state index in [1.54, 1.807) is 0 Å². The lowest BCUT2D eigenvalue weighted by atomic mass is 9.99. The van der Waals surface area contributed by atoms with E-state index in [2.05, 4.69) is 47.2 Å². The molecule has 4 rings (SSSR count). The Morgan fingerprint density at radius 3 is 2.66 bits per heavy atom. The molecule has 1 atom stereocenters. The largest absolute Gasteiger partial charge is 0.337 e. The van der Waals surface area contributed by atoms with Crippen LogP contribution >= 0.6 is 0 Å². The number of rotatable bonds is 4. The number of H-pyrrole nitrogens is 1. The number of hydrogen-bond acceptors (Lipinski definition) is 4. The van der Waals surface area contributed by atoms with Gasteiger partial charge in [0.05, 0.1) is 0 Å². The molecule has 0 spiro atoms. The van der Waals surface area contributed by atoms with Gasteiger partial charge in [0, 0.05) is 53.5 Å². The SMILES string of the molecule is Cc1ccc(-c2cc(C)nc(C3CCN(C(=O)c4cc(C(C)C)[nH]n4)C3)c2)cn1. The third-order valence-electron chi connectivity index (χ3n) is 5.55. The van der Waals surface area contributed by atoms with Gasteiger partial charge in [0.15, 0.2) is 0 Å². The van der Waals surface area contributed by atoms with Gasteiger partial charge in [-0.3, -0.25) is 19.9 Å². The molecule has 29 heavy (non-hydrogen) atoms. The molecule has 0 saturated carbocycles. The fraction of sp³-hybridized carbons (Fsp3) is 0.391. The highest BCUT2D eigenvalue weighted by Crippen LogP contribution is 2.30. The van der Waals surface area contributed by atoms with Crippen LogP contribution in [-0.4, -0.2) is 44.1 Å². The first-order chi connectivity index (χ1) is 13.9. The highest BCUT2D eigenvalue weighted by molar-refractivity contribution is 5.92. The number of aromatic nitrogens is 4. The molecule has 0 radical (unpaired) electrons. The van der Waals surface area contributed by atoms with Crippen LogP contribution in [0.3, 0.4) is 0 Å². The second-order valence-electron chi connectivity index (χ2n) is 8.21. The van der Waals surface area contributed by atoms with E-state index >= 15 is 0 Å². The summed E-state index contributed by atoms with van der Waals surface area (Å²) in [5.41, 5.74) is 6.73. The Morgan fingerprint density at radius 2 is 1.97 bits per heavy atom. The number of nitrogens with one attached hydrogen (secondary N) is 1. The summed E-state index contributed by atoms with van der Waals surface area (Å²) in [5.74, 6) is 0.548. The van der Waals surface area contributed by atoms with E-state index in [1.165, 1.54) is 0 Å². The quantitative estimate of drug-likeness (QED) is 0.724. The van der Waals surface area contributed by atoms with Crippen LogP contribution in [0.15, 0.2) is 36.5 Å². The zero-order chi connectivity index (χ0) is 20.5. The van der Waals surface area contributed by atoms with Crippen molar-refractivity contribution in [2.45, 2.75) is 46.0 Å². The van der Waals surface area contributed by atoms with Crippen molar-refractivity contribution in [2.24, 2.45) is 0 Å². The number of pyridine rings is 2. The molecule has 6 heteroatoms. The average Bonchev–Trinajstić information content (AvgIpc) is 3.38. The van der Waals surface area contributed by atoms with E-state index in [-0.39, 0.29) is 11.8 Å². The maximum atomic E-state index is 12.9. The average molecular weight is 390 g/mol. The van der Waals surface area contributed by atoms with E-state index in [9.17, 15) is 4.79 Å². The van der Waals surface area contributed by atoms with Crippen LogP contribution in [0.2, 0.25) is 0 Å². The summed E-state index contributed by atoms with van der Waals surface area (Å²) in [5, 5.41) is 7.19. The minimum Gasteiger partial charge on any atom is -0.337 e. The summed E-state index contributed by atoms with van der Waals surface area (Å²) in [7, 11) is 0. The normalized spacial score (nSPS) is 16.6. The minimum absolute atomic E-state index is 0.00809. The molecule has 3 aromatic heterocycles. The Labute approximate surface area is 171 Å². The van der Waals surface area contributed by atoms with Gasteiger partial charge in [-0.05, 0) is 56.0 Å². The molecule has 1 saturated heterocycles. The summed E-state index contributed by atoms with van der Waals surface area (Å²) in [6.07, 6.45) is 2.82. The fourth-order valence-electron chi connectivity index (χ4n) is 3.80. The maximum Gasteiger partial charge on any atom is 0.274 e. The molecule has 1 unspecified atom stereocenters. The van der Waals surface area contributed by atoms with Crippen LogP contribution in [0.5, 0.6) is 0 Å². The molecule has 1 fully saturated rings. The molecule has 0 aromatic carbocycles. The first-order valence-corrected chi connectivity index (χ1v) is 10.2. The molecule has 3 aromatic rings. The lowest BCUT2D eigenvalue weighted by Crippen LogP contribution is -2.28. The van der Waals surface area contributed by atoms with Crippen LogP contribution in [-0.2, 0) is 0 Å². The van der Waals surface area contributed by atoms with Crippen LogP contribution in [0, 0.1) is 13.8 Å². The standard InChI is InChI=1S/C23H27N5O/c1-14(2)20-11-22(27-26-20)23(29)28-8-7-18(13-28)21-10-19(9-16(4)25-21)17-6-5-15(3)24-12-17/h5-6,9-12,14,18H,7-8,13H2,1-4H3,(H,26,27). The molecular formula is C23H27N5O. The van der Waals surface area contributed by atoms with E-state index in [4.69, 9.17) is 4.98 Å². The van der Waals surface area contributed by atoms with Gasteiger partial charge < -0.3 is 4.90 Å². The molecule has 0 aliphatic carbocycles. The Kier molecular flexibility index (Phi) is 5.18. The third kappa shape index (κ3) is 4.06. The predicted molar refractivity (Wildman–Crippen MR) is 113 cm³/mol. The predicted octanol–water partition coefficient (Wildman–Crippen LogP) is 4.24. The number of aromatic amines is 1. The summed E-state index contributed by atoms with van der Waals surface area (Å²) >= 11 is 0. The Bertz CT molecular complexity index is 1020. The number of amides is 1. The zero-order valence-corrected chi connectivity index (χ0v) is 17.4. The van der Waals surface area contributed by atoms with Gasteiger partial charge in [0.2, 0.25) is 0 Å². The third-order valence-corrected chi connectivity index (χ3v) is 5.55. The molecule has 0 bridgehead atoms. The molecule has 1 amide bonds. The van der Waals surface area contributed by atoms with Gasteiger partial charge in [-0.25, -0.2) is 0 Å². The van der Waals surface area contributed by atoms with E-state index in [0.29, 0.717) is 18.2 Å². The van der Waals surface area contributed by atoms with E-state index in [1.807, 2.05) is 37.1 Å². The second-order valence-corrected chi connectivity index (χ2v) is 8.21. The maximum absolute atomic E-state index is 12.9. The fourth-order valence-corrected chi connectivity index (χ4v) is 3.80. The first kappa shape index (κ1) is 19.3. The molecule has 6 nitrogen and oxygen atoms in total. The van der Waals surface area contributed by atoms with Crippen LogP contribution in [0.25, 0.3) is 11.1 Å². The van der Waals surface area contributed by atoms with Gasteiger partial charge in [-0.1, -0.05) is 19.9 Å². The van der Waals surface area contributed by atoms with Crippen molar-refractivity contribution in [1.82, 2.24) is 25.1 Å². The van der Waals surface area contributed by atoms with Gasteiger partial charge in [0.25, 0.3) is 5.91 Å². The van der Waals surface area contributed by atoms with Crippen molar-refractivity contribution < 1.29 is 4.79 Å². The first-order valence-electron chi connectivity index (χ1n) is 10.2. The van der Waals surface area contributed by atoms with Crippen molar-refractivity contribution in [3.05, 3.63) is 65.0 Å². The van der Waals surface area contributed by atoms with Gasteiger partial charge in [-0.2, -0.15) is 5.10 Å². The van der Waals surface area contributed by atoms with Crippen LogP contribution < -0.4 is 0 Å². The van der Waals surface area contributed by atoms with Gasteiger partial charge >= 0.3 is 0 Å². The number of nitrogens with zero attached hydrogens (tertiary/aromatic N) is 4.